The number of ketones is 1. The number of ether oxygens (including phenoxy) is 1. The van der Waals surface area contributed by atoms with Gasteiger partial charge in [0.2, 0.25) is 5.91 Å². The Hall–Kier alpha value is -2.35. The molecule has 0 fully saturated rings. The van der Waals surface area contributed by atoms with Gasteiger partial charge in [0.1, 0.15) is 12.2 Å². The Morgan fingerprint density at radius 3 is 3.11 bits per heavy atom. The number of nitrogens with zero attached hydrogens (tertiary/aromatic N) is 1. The van der Waals surface area contributed by atoms with Crippen molar-refractivity contribution in [3.05, 3.63) is 29.3 Å². The molecule has 0 saturated heterocycles. The normalized spacial score (nSPS) is 17.7. The molecule has 0 radical (unpaired) electrons. The number of aryl methyl sites for hydroxylation is 1. The largest absolute Gasteiger partial charge is 0.493 e. The van der Waals surface area contributed by atoms with Crippen molar-refractivity contribution in [3.63, 3.8) is 0 Å². The molecule has 19 heavy (non-hydrogen) atoms. The summed E-state index contributed by atoms with van der Waals surface area (Å²) >= 11 is 0. The van der Waals surface area contributed by atoms with Crippen LogP contribution in [0.2, 0.25) is 0 Å². The predicted octanol–water partition coefficient (Wildman–Crippen LogP) is 1.36. The topological polar surface area (TPSA) is 79.2 Å². The van der Waals surface area contributed by atoms with Gasteiger partial charge in [0, 0.05) is 6.42 Å². The molecule has 1 heterocycles. The molecular weight excluding hydrogens is 244 g/mol. The van der Waals surface area contributed by atoms with Crippen molar-refractivity contribution in [1.29, 1.82) is 5.26 Å². The van der Waals surface area contributed by atoms with E-state index in [9.17, 15) is 9.59 Å². The van der Waals surface area contributed by atoms with Crippen molar-refractivity contribution in [2.45, 2.75) is 25.8 Å². The van der Waals surface area contributed by atoms with Crippen LogP contribution < -0.4 is 10.1 Å². The van der Waals surface area contributed by atoms with Gasteiger partial charge in [-0.1, -0.05) is 11.6 Å². The zero-order valence-corrected chi connectivity index (χ0v) is 10.6. The van der Waals surface area contributed by atoms with E-state index in [2.05, 4.69) is 5.32 Å². The summed E-state index contributed by atoms with van der Waals surface area (Å²) in [7, 11) is 0. The summed E-state index contributed by atoms with van der Waals surface area (Å²) in [5.74, 6) is -0.0490. The van der Waals surface area contributed by atoms with Crippen molar-refractivity contribution in [2.75, 3.05) is 6.61 Å². The van der Waals surface area contributed by atoms with Crippen LogP contribution >= 0.6 is 0 Å². The fourth-order valence-electron chi connectivity index (χ4n) is 2.02. The third-order valence-corrected chi connectivity index (χ3v) is 2.96. The summed E-state index contributed by atoms with van der Waals surface area (Å²) in [5.41, 5.74) is 1.44. The molecule has 0 saturated carbocycles. The van der Waals surface area contributed by atoms with Crippen molar-refractivity contribution in [3.8, 4) is 11.8 Å². The second-order valence-corrected chi connectivity index (χ2v) is 4.46. The van der Waals surface area contributed by atoms with E-state index in [-0.39, 0.29) is 12.2 Å². The van der Waals surface area contributed by atoms with Crippen LogP contribution in [0, 0.1) is 18.3 Å². The molecular formula is C14H14N2O3. The molecule has 0 aromatic heterocycles. The summed E-state index contributed by atoms with van der Waals surface area (Å²) in [5, 5.41) is 11.0. The Morgan fingerprint density at radius 1 is 1.58 bits per heavy atom. The Labute approximate surface area is 111 Å². The maximum atomic E-state index is 12.4. The Balaban J connectivity index is 2.23. The summed E-state index contributed by atoms with van der Waals surface area (Å²) in [6.45, 7) is 2.25. The minimum atomic E-state index is -0.621. The van der Waals surface area contributed by atoms with E-state index in [1.54, 1.807) is 18.2 Å². The summed E-state index contributed by atoms with van der Waals surface area (Å²) in [6, 6.07) is 6.54. The van der Waals surface area contributed by atoms with Crippen LogP contribution in [0.15, 0.2) is 18.2 Å². The van der Waals surface area contributed by atoms with Gasteiger partial charge in [-0.25, -0.2) is 0 Å². The summed E-state index contributed by atoms with van der Waals surface area (Å²) < 4.78 is 5.51. The lowest BCUT2D eigenvalue weighted by Gasteiger charge is -2.13. The molecule has 0 bridgehead atoms. The molecule has 1 unspecified atom stereocenters. The predicted molar refractivity (Wildman–Crippen MR) is 67.8 cm³/mol. The molecule has 5 heteroatoms. The average Bonchev–Trinajstić information content (AvgIpc) is 2.51. The van der Waals surface area contributed by atoms with Gasteiger partial charge in [-0.05, 0) is 19.1 Å². The highest BCUT2D eigenvalue weighted by atomic mass is 16.5. The Bertz CT molecular complexity index is 560. The summed E-state index contributed by atoms with van der Waals surface area (Å²) in [4.78, 5) is 23.8. The fraction of sp³-hybridized carbons (Fsp3) is 0.357. The molecule has 2 rings (SSSR count). The van der Waals surface area contributed by atoms with Gasteiger partial charge < -0.3 is 10.1 Å². The van der Waals surface area contributed by atoms with Crippen molar-refractivity contribution < 1.29 is 14.3 Å². The SMILES string of the molecule is Cc1ccc2c(c1)C(=O)C(NC(=O)CC#N)CCO2. The number of Topliss-reactive ketones (excluding diaryl/α,β-unsaturated/α-hetero) is 1. The van der Waals surface area contributed by atoms with Crippen LogP contribution in [-0.2, 0) is 4.79 Å². The van der Waals surface area contributed by atoms with Crippen LogP contribution in [0.1, 0.15) is 28.8 Å². The van der Waals surface area contributed by atoms with Crippen LogP contribution in [-0.4, -0.2) is 24.3 Å². The Morgan fingerprint density at radius 2 is 2.37 bits per heavy atom. The summed E-state index contributed by atoms with van der Waals surface area (Å²) in [6.07, 6.45) is 0.162. The molecule has 5 nitrogen and oxygen atoms in total. The molecule has 0 spiro atoms. The highest BCUT2D eigenvalue weighted by Gasteiger charge is 2.27. The van der Waals surface area contributed by atoms with Crippen LogP contribution in [0.5, 0.6) is 5.75 Å². The standard InChI is InChI=1S/C14H14N2O3/c1-9-2-3-12-10(8-9)14(18)11(5-7-19-12)16-13(17)4-6-15/h2-3,8,11H,4-5,7H2,1H3,(H,16,17). The minimum Gasteiger partial charge on any atom is -0.493 e. The van der Waals surface area contributed by atoms with E-state index >= 15 is 0 Å². The van der Waals surface area contributed by atoms with Gasteiger partial charge in [0.25, 0.3) is 0 Å². The maximum Gasteiger partial charge on any atom is 0.234 e. The molecule has 1 atom stereocenters. The highest BCUT2D eigenvalue weighted by molar-refractivity contribution is 6.04. The molecule has 1 aliphatic heterocycles. The average molecular weight is 258 g/mol. The zero-order valence-electron chi connectivity index (χ0n) is 10.6. The lowest BCUT2D eigenvalue weighted by molar-refractivity contribution is -0.120. The molecule has 0 aliphatic carbocycles. The minimum absolute atomic E-state index is 0.164. The highest BCUT2D eigenvalue weighted by Crippen LogP contribution is 2.25. The van der Waals surface area contributed by atoms with Gasteiger partial charge in [0.05, 0.1) is 24.3 Å². The molecule has 1 aliphatic rings. The van der Waals surface area contributed by atoms with Crippen LogP contribution in [0.4, 0.5) is 0 Å². The zero-order chi connectivity index (χ0) is 13.8. The van der Waals surface area contributed by atoms with Crippen molar-refractivity contribution in [2.24, 2.45) is 0 Å². The van der Waals surface area contributed by atoms with Gasteiger partial charge in [-0.15, -0.1) is 0 Å². The van der Waals surface area contributed by atoms with Gasteiger partial charge in [-0.2, -0.15) is 5.26 Å². The lowest BCUT2D eigenvalue weighted by Crippen LogP contribution is -2.40. The molecule has 1 amide bonds. The van der Waals surface area contributed by atoms with Gasteiger partial charge in [0.15, 0.2) is 5.78 Å². The van der Waals surface area contributed by atoms with Gasteiger partial charge >= 0.3 is 0 Å². The number of carbonyl (C=O) groups excluding carboxylic acids is 2. The number of fused-ring (bicyclic) bond motifs is 1. The second-order valence-electron chi connectivity index (χ2n) is 4.46. The number of benzene rings is 1. The van der Waals surface area contributed by atoms with Crippen LogP contribution in [0.25, 0.3) is 0 Å². The van der Waals surface area contributed by atoms with E-state index < -0.39 is 11.9 Å². The van der Waals surface area contributed by atoms with Crippen molar-refractivity contribution >= 4 is 11.7 Å². The third-order valence-electron chi connectivity index (χ3n) is 2.96. The first kappa shape index (κ1) is 13.1. The monoisotopic (exact) mass is 258 g/mol. The maximum absolute atomic E-state index is 12.4. The number of carbonyl (C=O) groups is 2. The number of nitriles is 1. The molecule has 98 valence electrons. The van der Waals surface area contributed by atoms with E-state index in [1.165, 1.54) is 0 Å². The first-order valence-electron chi connectivity index (χ1n) is 6.06. The van der Waals surface area contributed by atoms with E-state index in [4.69, 9.17) is 10.00 Å². The van der Waals surface area contributed by atoms with E-state index in [0.29, 0.717) is 24.3 Å². The number of rotatable bonds is 2. The van der Waals surface area contributed by atoms with Crippen LogP contribution in [0.3, 0.4) is 0 Å². The first-order valence-corrected chi connectivity index (χ1v) is 6.06. The number of amides is 1. The number of nitrogens with one attached hydrogen (secondary N) is 1. The van der Waals surface area contributed by atoms with Crippen molar-refractivity contribution in [1.82, 2.24) is 5.32 Å². The smallest absolute Gasteiger partial charge is 0.234 e. The quantitative estimate of drug-likeness (QED) is 0.868. The molecule has 1 aromatic carbocycles. The van der Waals surface area contributed by atoms with E-state index in [0.717, 1.165) is 5.56 Å². The second kappa shape index (κ2) is 5.53. The lowest BCUT2D eigenvalue weighted by atomic mass is 10.0. The number of hydrogen-bond acceptors (Lipinski definition) is 4. The molecule has 1 N–H and O–H groups in total. The number of hydrogen-bond donors (Lipinski definition) is 1. The Kier molecular flexibility index (Phi) is 3.81. The third kappa shape index (κ3) is 2.91. The van der Waals surface area contributed by atoms with E-state index in [1.807, 2.05) is 13.0 Å². The fourth-order valence-corrected chi connectivity index (χ4v) is 2.02. The van der Waals surface area contributed by atoms with Gasteiger partial charge in [-0.3, -0.25) is 9.59 Å². The first-order chi connectivity index (χ1) is 9.11. The molecule has 1 aromatic rings.